The van der Waals surface area contributed by atoms with Crippen LogP contribution in [-0.4, -0.2) is 17.6 Å². The average Bonchev–Trinajstić information content (AvgIpc) is 2.20. The van der Waals surface area contributed by atoms with E-state index in [1.165, 1.54) is 0 Å². The molecule has 1 aromatic rings. The van der Waals surface area contributed by atoms with Crippen molar-refractivity contribution in [3.8, 4) is 5.75 Å². The highest BCUT2D eigenvalue weighted by Gasteiger charge is 2.14. The van der Waals surface area contributed by atoms with Crippen LogP contribution in [0.25, 0.3) is 0 Å². The molecule has 4 heteroatoms. The Bertz CT molecular complexity index is 408. The van der Waals surface area contributed by atoms with Gasteiger partial charge in [0.15, 0.2) is 5.75 Å². The topological polar surface area (TPSA) is 75.4 Å². The summed E-state index contributed by atoms with van der Waals surface area (Å²) in [6, 6.07) is 4.76. The molecule has 0 aliphatic carbocycles. The van der Waals surface area contributed by atoms with Gasteiger partial charge < -0.3 is 16.2 Å². The Morgan fingerprint density at radius 1 is 1.41 bits per heavy atom. The zero-order valence-electron chi connectivity index (χ0n) is 10.6. The number of rotatable bonds is 3. The van der Waals surface area contributed by atoms with E-state index < -0.39 is 0 Å². The minimum absolute atomic E-state index is 0.152. The number of phenols is 1. The fourth-order valence-corrected chi connectivity index (χ4v) is 1.39. The Balaban J connectivity index is 2.62. The Labute approximate surface area is 102 Å². The van der Waals surface area contributed by atoms with E-state index in [0.29, 0.717) is 6.54 Å². The fraction of sp³-hybridized carbons (Fsp3) is 0.462. The summed E-state index contributed by atoms with van der Waals surface area (Å²) in [5.74, 6) is -0.445. The molecule has 0 saturated heterocycles. The van der Waals surface area contributed by atoms with Crippen LogP contribution in [0.3, 0.4) is 0 Å². The van der Waals surface area contributed by atoms with Gasteiger partial charge in [-0.1, -0.05) is 26.8 Å². The number of anilines is 1. The van der Waals surface area contributed by atoms with Gasteiger partial charge in [0.05, 0.1) is 11.3 Å². The standard InChI is InChI=1S/C13H20N2O2/c1-13(2,3)7-8-15-12(17)9-5-4-6-10(14)11(9)16/h4-6,16H,7-8,14H2,1-3H3,(H,15,17). The van der Waals surface area contributed by atoms with Crippen LogP contribution in [0.15, 0.2) is 18.2 Å². The van der Waals surface area contributed by atoms with E-state index in [1.54, 1.807) is 18.2 Å². The average molecular weight is 236 g/mol. The van der Waals surface area contributed by atoms with Crippen molar-refractivity contribution in [2.45, 2.75) is 27.2 Å². The quantitative estimate of drug-likeness (QED) is 0.556. The third-order valence-corrected chi connectivity index (χ3v) is 2.47. The number of carbonyl (C=O) groups excluding carboxylic acids is 1. The van der Waals surface area contributed by atoms with Gasteiger partial charge in [-0.3, -0.25) is 4.79 Å². The lowest BCUT2D eigenvalue weighted by molar-refractivity contribution is 0.0947. The molecule has 0 heterocycles. The lowest BCUT2D eigenvalue weighted by Crippen LogP contribution is -2.27. The SMILES string of the molecule is CC(C)(C)CCNC(=O)c1cccc(N)c1O. The van der Waals surface area contributed by atoms with Gasteiger partial charge in [-0.25, -0.2) is 0 Å². The number of carbonyl (C=O) groups is 1. The van der Waals surface area contributed by atoms with Gasteiger partial charge in [-0.05, 0) is 24.0 Å². The minimum atomic E-state index is -0.293. The van der Waals surface area contributed by atoms with Crippen LogP contribution < -0.4 is 11.1 Å². The number of hydrogen-bond acceptors (Lipinski definition) is 3. The second-order valence-electron chi connectivity index (χ2n) is 5.31. The van der Waals surface area contributed by atoms with E-state index in [1.807, 2.05) is 0 Å². The monoisotopic (exact) mass is 236 g/mol. The van der Waals surface area contributed by atoms with E-state index in [2.05, 4.69) is 26.1 Å². The van der Waals surface area contributed by atoms with Crippen LogP contribution in [-0.2, 0) is 0 Å². The molecule has 17 heavy (non-hydrogen) atoms. The number of para-hydroxylation sites is 1. The summed E-state index contributed by atoms with van der Waals surface area (Å²) in [5.41, 5.74) is 6.14. The van der Waals surface area contributed by atoms with Crippen molar-refractivity contribution in [2.24, 2.45) is 5.41 Å². The highest BCUT2D eigenvalue weighted by atomic mass is 16.3. The van der Waals surface area contributed by atoms with E-state index in [0.717, 1.165) is 6.42 Å². The fourth-order valence-electron chi connectivity index (χ4n) is 1.39. The normalized spacial score (nSPS) is 11.2. The second kappa shape index (κ2) is 5.08. The second-order valence-corrected chi connectivity index (χ2v) is 5.31. The highest BCUT2D eigenvalue weighted by molar-refractivity contribution is 5.98. The van der Waals surface area contributed by atoms with Crippen molar-refractivity contribution in [2.75, 3.05) is 12.3 Å². The molecule has 94 valence electrons. The molecule has 0 radical (unpaired) electrons. The molecular weight excluding hydrogens is 216 g/mol. The summed E-state index contributed by atoms with van der Waals surface area (Å²) in [4.78, 5) is 11.8. The Morgan fingerprint density at radius 2 is 2.06 bits per heavy atom. The van der Waals surface area contributed by atoms with Gasteiger partial charge in [-0.2, -0.15) is 0 Å². The van der Waals surface area contributed by atoms with Crippen LogP contribution in [0.4, 0.5) is 5.69 Å². The molecule has 0 fully saturated rings. The van der Waals surface area contributed by atoms with Crippen LogP contribution in [0, 0.1) is 5.41 Å². The number of benzene rings is 1. The van der Waals surface area contributed by atoms with Crippen LogP contribution in [0.2, 0.25) is 0 Å². The lowest BCUT2D eigenvalue weighted by atomic mass is 9.92. The van der Waals surface area contributed by atoms with Gasteiger partial charge in [-0.15, -0.1) is 0 Å². The summed E-state index contributed by atoms with van der Waals surface area (Å²) >= 11 is 0. The molecule has 0 atom stereocenters. The lowest BCUT2D eigenvalue weighted by Gasteiger charge is -2.18. The first-order valence-electron chi connectivity index (χ1n) is 5.67. The maximum Gasteiger partial charge on any atom is 0.255 e. The molecule has 0 spiro atoms. The molecule has 1 rings (SSSR count). The van der Waals surface area contributed by atoms with Gasteiger partial charge in [0.1, 0.15) is 0 Å². The molecule has 4 nitrogen and oxygen atoms in total. The third-order valence-electron chi connectivity index (χ3n) is 2.47. The maximum absolute atomic E-state index is 11.8. The Morgan fingerprint density at radius 3 is 2.65 bits per heavy atom. The highest BCUT2D eigenvalue weighted by Crippen LogP contribution is 2.24. The van der Waals surface area contributed by atoms with Crippen LogP contribution >= 0.6 is 0 Å². The van der Waals surface area contributed by atoms with Gasteiger partial charge in [0.25, 0.3) is 5.91 Å². The summed E-state index contributed by atoms with van der Waals surface area (Å²) in [5, 5.41) is 12.4. The zero-order chi connectivity index (χ0) is 13.1. The molecule has 0 bridgehead atoms. The first-order valence-corrected chi connectivity index (χ1v) is 5.67. The number of amides is 1. The minimum Gasteiger partial charge on any atom is -0.505 e. The molecule has 0 unspecified atom stereocenters. The summed E-state index contributed by atoms with van der Waals surface area (Å²) in [7, 11) is 0. The Hall–Kier alpha value is -1.71. The number of nitrogens with one attached hydrogen (secondary N) is 1. The first-order chi connectivity index (χ1) is 7.81. The molecule has 1 amide bonds. The Kier molecular flexibility index (Phi) is 3.99. The molecule has 4 N–H and O–H groups in total. The number of phenolic OH excluding ortho intramolecular Hbond substituents is 1. The van der Waals surface area contributed by atoms with Crippen molar-refractivity contribution >= 4 is 11.6 Å². The largest absolute Gasteiger partial charge is 0.505 e. The van der Waals surface area contributed by atoms with E-state index in [-0.39, 0.29) is 28.3 Å². The number of nitrogens with two attached hydrogens (primary N) is 1. The van der Waals surface area contributed by atoms with Crippen molar-refractivity contribution < 1.29 is 9.90 Å². The van der Waals surface area contributed by atoms with E-state index in [4.69, 9.17) is 5.73 Å². The molecular formula is C13H20N2O2. The molecule has 1 aromatic carbocycles. The molecule has 0 aliphatic rings. The first kappa shape index (κ1) is 13.4. The van der Waals surface area contributed by atoms with Crippen LogP contribution in [0.5, 0.6) is 5.75 Å². The van der Waals surface area contributed by atoms with Crippen molar-refractivity contribution in [3.63, 3.8) is 0 Å². The van der Waals surface area contributed by atoms with Gasteiger partial charge >= 0.3 is 0 Å². The van der Waals surface area contributed by atoms with E-state index in [9.17, 15) is 9.90 Å². The maximum atomic E-state index is 11.8. The molecule has 0 saturated carbocycles. The van der Waals surface area contributed by atoms with Crippen molar-refractivity contribution in [1.82, 2.24) is 5.32 Å². The molecule has 0 aromatic heterocycles. The van der Waals surface area contributed by atoms with Gasteiger partial charge in [0, 0.05) is 6.54 Å². The van der Waals surface area contributed by atoms with Crippen molar-refractivity contribution in [3.05, 3.63) is 23.8 Å². The molecule has 0 aliphatic heterocycles. The summed E-state index contributed by atoms with van der Waals surface area (Å²) in [6.45, 7) is 6.90. The van der Waals surface area contributed by atoms with Crippen LogP contribution in [0.1, 0.15) is 37.6 Å². The van der Waals surface area contributed by atoms with E-state index >= 15 is 0 Å². The summed E-state index contributed by atoms with van der Waals surface area (Å²) < 4.78 is 0. The zero-order valence-corrected chi connectivity index (χ0v) is 10.6. The third kappa shape index (κ3) is 3.98. The number of hydrogen-bond donors (Lipinski definition) is 3. The smallest absolute Gasteiger partial charge is 0.255 e. The number of aromatic hydroxyl groups is 1. The summed E-state index contributed by atoms with van der Waals surface area (Å²) in [6.07, 6.45) is 0.877. The predicted octanol–water partition coefficient (Wildman–Crippen LogP) is 2.14. The number of nitrogen functional groups attached to an aromatic ring is 1. The van der Waals surface area contributed by atoms with Gasteiger partial charge in [0.2, 0.25) is 0 Å². The predicted molar refractivity (Wildman–Crippen MR) is 68.9 cm³/mol. The van der Waals surface area contributed by atoms with Crippen molar-refractivity contribution in [1.29, 1.82) is 0 Å².